The summed E-state index contributed by atoms with van der Waals surface area (Å²) in [7, 11) is 1.95. The molecule has 2 aromatic rings. The van der Waals surface area contributed by atoms with Crippen LogP contribution in [0.1, 0.15) is 24.6 Å². The fraction of sp³-hybridized carbons (Fsp3) is 0.333. The molecule has 0 radical (unpaired) electrons. The summed E-state index contributed by atoms with van der Waals surface area (Å²) in [5.41, 5.74) is 1.12. The Hall–Kier alpha value is -1.16. The number of aromatic nitrogens is 3. The Kier molecular flexibility index (Phi) is 2.32. The van der Waals surface area contributed by atoms with Gasteiger partial charge in [0.15, 0.2) is 11.6 Å². The van der Waals surface area contributed by atoms with Crippen LogP contribution >= 0.6 is 15.9 Å². The van der Waals surface area contributed by atoms with Gasteiger partial charge in [0.1, 0.15) is 0 Å². The van der Waals surface area contributed by atoms with E-state index in [1.54, 1.807) is 0 Å². The van der Waals surface area contributed by atoms with E-state index in [2.05, 4.69) is 38.1 Å². The number of hydrogen-bond donors (Lipinski definition) is 0. The van der Waals surface area contributed by atoms with Gasteiger partial charge in [0.05, 0.1) is 0 Å². The lowest BCUT2D eigenvalue weighted by atomic mass is 10.2. The van der Waals surface area contributed by atoms with Crippen LogP contribution in [0.5, 0.6) is 0 Å². The van der Waals surface area contributed by atoms with Crippen LogP contribution in [0.25, 0.3) is 11.4 Å². The van der Waals surface area contributed by atoms with Crippen molar-refractivity contribution < 1.29 is 0 Å². The first kappa shape index (κ1) is 10.0. The Bertz CT molecular complexity index is 512. The van der Waals surface area contributed by atoms with Crippen molar-refractivity contribution in [3.8, 4) is 11.4 Å². The van der Waals surface area contributed by atoms with Gasteiger partial charge >= 0.3 is 0 Å². The molecule has 1 saturated carbocycles. The Balaban J connectivity index is 2.01. The largest absolute Gasteiger partial charge is 0.249 e. The highest BCUT2D eigenvalue weighted by Crippen LogP contribution is 2.38. The lowest BCUT2D eigenvalue weighted by Crippen LogP contribution is -1.94. The lowest BCUT2D eigenvalue weighted by molar-refractivity contribution is 0.750. The molecule has 82 valence electrons. The van der Waals surface area contributed by atoms with Crippen LogP contribution in [-0.4, -0.2) is 14.8 Å². The predicted octanol–water partition coefficient (Wildman–Crippen LogP) is 3.12. The molecular weight excluding hydrogens is 266 g/mol. The van der Waals surface area contributed by atoms with Crippen molar-refractivity contribution in [2.45, 2.75) is 18.8 Å². The van der Waals surface area contributed by atoms with Gasteiger partial charge in [-0.25, -0.2) is 9.67 Å². The first-order chi connectivity index (χ1) is 7.74. The number of halogens is 1. The summed E-state index contributed by atoms with van der Waals surface area (Å²) in [6, 6.07) is 8.18. The zero-order chi connectivity index (χ0) is 11.1. The molecule has 0 N–H and O–H groups in total. The molecule has 0 spiro atoms. The molecule has 1 aromatic heterocycles. The highest BCUT2D eigenvalue weighted by molar-refractivity contribution is 9.10. The van der Waals surface area contributed by atoms with Crippen LogP contribution in [0.15, 0.2) is 28.7 Å². The molecule has 0 unspecified atom stereocenters. The molecule has 3 rings (SSSR count). The minimum atomic E-state index is 0.607. The van der Waals surface area contributed by atoms with E-state index in [1.807, 2.05) is 23.9 Å². The SMILES string of the molecule is Cn1nc(C2CC2)nc1-c1ccc(Br)cc1. The second-order valence-electron chi connectivity index (χ2n) is 4.20. The third-order valence-corrected chi connectivity index (χ3v) is 3.35. The molecule has 1 heterocycles. The summed E-state index contributed by atoms with van der Waals surface area (Å²) in [6.45, 7) is 0. The van der Waals surface area contributed by atoms with Crippen LogP contribution in [-0.2, 0) is 7.05 Å². The summed E-state index contributed by atoms with van der Waals surface area (Å²) in [4.78, 5) is 4.61. The van der Waals surface area contributed by atoms with Crippen molar-refractivity contribution in [2.75, 3.05) is 0 Å². The van der Waals surface area contributed by atoms with E-state index < -0.39 is 0 Å². The molecule has 1 aliphatic carbocycles. The fourth-order valence-electron chi connectivity index (χ4n) is 1.77. The first-order valence-corrected chi connectivity index (χ1v) is 6.20. The van der Waals surface area contributed by atoms with Crippen molar-refractivity contribution >= 4 is 15.9 Å². The summed E-state index contributed by atoms with van der Waals surface area (Å²) < 4.78 is 2.96. The topological polar surface area (TPSA) is 30.7 Å². The van der Waals surface area contributed by atoms with Gasteiger partial charge in [-0.2, -0.15) is 5.10 Å². The van der Waals surface area contributed by atoms with Crippen molar-refractivity contribution in [2.24, 2.45) is 7.05 Å². The Morgan fingerprint density at radius 3 is 2.56 bits per heavy atom. The van der Waals surface area contributed by atoms with Gasteiger partial charge < -0.3 is 0 Å². The molecule has 1 aromatic carbocycles. The third kappa shape index (κ3) is 1.78. The summed E-state index contributed by atoms with van der Waals surface area (Å²) in [5.74, 6) is 2.56. The fourth-order valence-corrected chi connectivity index (χ4v) is 2.03. The number of nitrogens with zero attached hydrogens (tertiary/aromatic N) is 3. The molecule has 0 bridgehead atoms. The van der Waals surface area contributed by atoms with Crippen molar-refractivity contribution in [1.29, 1.82) is 0 Å². The smallest absolute Gasteiger partial charge is 0.158 e. The highest BCUT2D eigenvalue weighted by atomic mass is 79.9. The van der Waals surface area contributed by atoms with Gasteiger partial charge in [-0.15, -0.1) is 0 Å². The van der Waals surface area contributed by atoms with Gasteiger partial charge in [0.2, 0.25) is 0 Å². The molecule has 0 atom stereocenters. The molecule has 3 nitrogen and oxygen atoms in total. The molecule has 16 heavy (non-hydrogen) atoms. The van der Waals surface area contributed by atoms with Crippen LogP contribution in [0, 0.1) is 0 Å². The van der Waals surface area contributed by atoms with Crippen molar-refractivity contribution in [3.63, 3.8) is 0 Å². The Labute approximate surface area is 103 Å². The Morgan fingerprint density at radius 2 is 1.94 bits per heavy atom. The van der Waals surface area contributed by atoms with E-state index in [9.17, 15) is 0 Å². The van der Waals surface area contributed by atoms with Gasteiger partial charge in [0, 0.05) is 23.0 Å². The Morgan fingerprint density at radius 1 is 1.25 bits per heavy atom. The maximum absolute atomic E-state index is 4.61. The second-order valence-corrected chi connectivity index (χ2v) is 5.11. The average molecular weight is 278 g/mol. The minimum Gasteiger partial charge on any atom is -0.249 e. The van der Waals surface area contributed by atoms with E-state index in [0.29, 0.717) is 5.92 Å². The number of rotatable bonds is 2. The summed E-state index contributed by atoms with van der Waals surface area (Å²) in [6.07, 6.45) is 2.48. The van der Waals surface area contributed by atoms with Gasteiger partial charge in [-0.05, 0) is 25.0 Å². The van der Waals surface area contributed by atoms with E-state index in [1.165, 1.54) is 12.8 Å². The number of hydrogen-bond acceptors (Lipinski definition) is 2. The van der Waals surface area contributed by atoms with Crippen molar-refractivity contribution in [3.05, 3.63) is 34.6 Å². The predicted molar refractivity (Wildman–Crippen MR) is 66.1 cm³/mol. The first-order valence-electron chi connectivity index (χ1n) is 5.41. The lowest BCUT2D eigenvalue weighted by Gasteiger charge is -1.99. The number of benzene rings is 1. The molecular formula is C12H12BrN3. The van der Waals surface area contributed by atoms with Crippen LogP contribution in [0.3, 0.4) is 0 Å². The average Bonchev–Trinajstić information content (AvgIpc) is 3.04. The summed E-state index contributed by atoms with van der Waals surface area (Å²) >= 11 is 3.43. The molecule has 1 aliphatic rings. The molecule has 1 fully saturated rings. The molecule has 0 saturated heterocycles. The van der Waals surface area contributed by atoms with Gasteiger partial charge in [0.25, 0.3) is 0 Å². The third-order valence-electron chi connectivity index (χ3n) is 2.82. The monoisotopic (exact) mass is 277 g/mol. The van der Waals surface area contributed by atoms with Crippen LogP contribution < -0.4 is 0 Å². The van der Waals surface area contributed by atoms with Crippen LogP contribution in [0.4, 0.5) is 0 Å². The highest BCUT2D eigenvalue weighted by Gasteiger charge is 2.28. The zero-order valence-electron chi connectivity index (χ0n) is 9.02. The maximum Gasteiger partial charge on any atom is 0.158 e. The quantitative estimate of drug-likeness (QED) is 0.845. The summed E-state index contributed by atoms with van der Waals surface area (Å²) in [5, 5.41) is 4.47. The van der Waals surface area contributed by atoms with Crippen LogP contribution in [0.2, 0.25) is 0 Å². The van der Waals surface area contributed by atoms with Gasteiger partial charge in [-0.1, -0.05) is 28.1 Å². The standard InChI is InChI=1S/C12H12BrN3/c1-16-12(9-4-6-10(13)7-5-9)14-11(15-16)8-2-3-8/h4-8H,2-3H2,1H3. The van der Waals surface area contributed by atoms with E-state index in [0.717, 1.165) is 21.7 Å². The zero-order valence-corrected chi connectivity index (χ0v) is 10.6. The normalized spacial score (nSPS) is 15.4. The second kappa shape index (κ2) is 3.70. The number of aryl methyl sites for hydroxylation is 1. The van der Waals surface area contributed by atoms with Gasteiger partial charge in [-0.3, -0.25) is 0 Å². The van der Waals surface area contributed by atoms with E-state index in [-0.39, 0.29) is 0 Å². The minimum absolute atomic E-state index is 0.607. The maximum atomic E-state index is 4.61. The molecule has 4 heteroatoms. The molecule has 0 amide bonds. The molecule has 0 aliphatic heterocycles. The van der Waals surface area contributed by atoms with E-state index >= 15 is 0 Å². The van der Waals surface area contributed by atoms with Crippen molar-refractivity contribution in [1.82, 2.24) is 14.8 Å². The van der Waals surface area contributed by atoms with E-state index in [4.69, 9.17) is 0 Å².